The molecule has 116 valence electrons. The van der Waals surface area contributed by atoms with Gasteiger partial charge in [0.25, 0.3) is 11.8 Å². The molecule has 0 spiro atoms. The summed E-state index contributed by atoms with van der Waals surface area (Å²) in [7, 11) is 0. The van der Waals surface area contributed by atoms with Crippen LogP contribution in [0.2, 0.25) is 0 Å². The lowest BCUT2D eigenvalue weighted by molar-refractivity contribution is 0.0849. The van der Waals surface area contributed by atoms with Gasteiger partial charge in [0.2, 0.25) is 0 Å². The Morgan fingerprint density at radius 1 is 1.14 bits per heavy atom. The van der Waals surface area contributed by atoms with Crippen molar-refractivity contribution in [3.8, 4) is 0 Å². The van der Waals surface area contributed by atoms with Crippen molar-refractivity contribution in [1.29, 1.82) is 0 Å². The third-order valence-corrected chi connectivity index (χ3v) is 4.25. The average Bonchev–Trinajstić information content (AvgIpc) is 2.87. The van der Waals surface area contributed by atoms with E-state index in [1.807, 2.05) is 13.0 Å². The van der Waals surface area contributed by atoms with Crippen molar-refractivity contribution in [3.63, 3.8) is 0 Å². The molecule has 0 bridgehead atoms. The Kier molecular flexibility index (Phi) is 5.27. The van der Waals surface area contributed by atoms with Crippen LogP contribution in [0.25, 0.3) is 0 Å². The van der Waals surface area contributed by atoms with Crippen LogP contribution in [0.1, 0.15) is 43.8 Å². The maximum Gasteiger partial charge on any atom is 0.279 e. The summed E-state index contributed by atoms with van der Waals surface area (Å²) in [6.07, 6.45) is 1.94. The van der Waals surface area contributed by atoms with Gasteiger partial charge in [-0.1, -0.05) is 13.3 Å². The highest BCUT2D eigenvalue weighted by atomic mass is 32.1. The van der Waals surface area contributed by atoms with Crippen molar-refractivity contribution in [1.82, 2.24) is 10.9 Å². The summed E-state index contributed by atoms with van der Waals surface area (Å²) < 4.78 is 12.8. The first-order chi connectivity index (χ1) is 10.5. The molecule has 1 aromatic carbocycles. The van der Waals surface area contributed by atoms with E-state index in [0.29, 0.717) is 4.88 Å². The standard InChI is InChI=1S/C16H17FN2O2S/c1-3-4-12-9-14(22-10(12)2)16(21)19-18-15(20)11-5-7-13(17)8-6-11/h5-9H,3-4H2,1-2H3,(H,18,20)(H,19,21). The lowest BCUT2D eigenvalue weighted by Crippen LogP contribution is -2.41. The van der Waals surface area contributed by atoms with Crippen LogP contribution in [0, 0.1) is 12.7 Å². The topological polar surface area (TPSA) is 58.2 Å². The van der Waals surface area contributed by atoms with Crippen molar-refractivity contribution in [3.05, 3.63) is 57.0 Å². The van der Waals surface area contributed by atoms with E-state index < -0.39 is 11.7 Å². The third-order valence-electron chi connectivity index (χ3n) is 3.16. The van der Waals surface area contributed by atoms with Crippen LogP contribution < -0.4 is 10.9 Å². The van der Waals surface area contributed by atoms with Crippen LogP contribution >= 0.6 is 11.3 Å². The van der Waals surface area contributed by atoms with Crippen LogP contribution in [0.4, 0.5) is 4.39 Å². The Morgan fingerprint density at radius 3 is 2.41 bits per heavy atom. The van der Waals surface area contributed by atoms with Gasteiger partial charge in [-0.3, -0.25) is 20.4 Å². The smallest absolute Gasteiger partial charge is 0.267 e. The molecule has 0 aliphatic heterocycles. The number of thiophene rings is 1. The fourth-order valence-corrected chi connectivity index (χ4v) is 2.96. The molecule has 0 unspecified atom stereocenters. The zero-order valence-corrected chi connectivity index (χ0v) is 13.2. The molecule has 1 aromatic heterocycles. The Bertz CT molecular complexity index is 680. The lowest BCUT2D eigenvalue weighted by Gasteiger charge is -2.06. The first-order valence-corrected chi connectivity index (χ1v) is 7.78. The second kappa shape index (κ2) is 7.17. The van der Waals surface area contributed by atoms with Crippen molar-refractivity contribution in [2.75, 3.05) is 0 Å². The van der Waals surface area contributed by atoms with Crippen LogP contribution in [-0.4, -0.2) is 11.8 Å². The predicted molar refractivity (Wildman–Crippen MR) is 84.4 cm³/mol. The number of amides is 2. The second-order valence-corrected chi connectivity index (χ2v) is 6.11. The number of rotatable bonds is 4. The number of carbonyl (C=O) groups excluding carboxylic acids is 2. The number of hydrogen-bond acceptors (Lipinski definition) is 3. The molecule has 2 aromatic rings. The summed E-state index contributed by atoms with van der Waals surface area (Å²) in [4.78, 5) is 25.5. The molecule has 0 atom stereocenters. The molecule has 6 heteroatoms. The molecule has 0 fully saturated rings. The number of hydrogen-bond donors (Lipinski definition) is 2. The van der Waals surface area contributed by atoms with E-state index in [4.69, 9.17) is 0 Å². The van der Waals surface area contributed by atoms with Crippen LogP contribution in [0.3, 0.4) is 0 Å². The van der Waals surface area contributed by atoms with Crippen LogP contribution in [0.5, 0.6) is 0 Å². The molecule has 4 nitrogen and oxygen atoms in total. The van der Waals surface area contributed by atoms with Gasteiger partial charge in [-0.25, -0.2) is 4.39 Å². The van der Waals surface area contributed by atoms with Gasteiger partial charge >= 0.3 is 0 Å². The van der Waals surface area contributed by atoms with Crippen molar-refractivity contribution < 1.29 is 14.0 Å². The molecule has 0 radical (unpaired) electrons. The van der Waals surface area contributed by atoms with Gasteiger partial charge < -0.3 is 0 Å². The van der Waals surface area contributed by atoms with Gasteiger partial charge in [0.1, 0.15) is 5.82 Å². The minimum atomic E-state index is -0.490. The SMILES string of the molecule is CCCc1cc(C(=O)NNC(=O)c2ccc(F)cc2)sc1C. The molecule has 1 heterocycles. The molecule has 0 aliphatic rings. The number of nitrogens with one attached hydrogen (secondary N) is 2. The summed E-state index contributed by atoms with van der Waals surface area (Å²) in [5.41, 5.74) is 6.12. The minimum Gasteiger partial charge on any atom is -0.267 e. The number of carbonyl (C=O) groups is 2. The van der Waals surface area contributed by atoms with Gasteiger partial charge in [-0.2, -0.15) is 0 Å². The molecule has 2 N–H and O–H groups in total. The molecule has 2 rings (SSSR count). The molecule has 0 saturated carbocycles. The van der Waals surface area contributed by atoms with Gasteiger partial charge in [-0.05, 0) is 49.2 Å². The fraction of sp³-hybridized carbons (Fsp3) is 0.250. The Morgan fingerprint density at radius 2 is 1.77 bits per heavy atom. The van der Waals surface area contributed by atoms with Crippen molar-refractivity contribution in [2.24, 2.45) is 0 Å². The third kappa shape index (κ3) is 3.92. The summed E-state index contributed by atoms with van der Waals surface area (Å²) in [5, 5.41) is 0. The van der Waals surface area contributed by atoms with Crippen LogP contribution in [0.15, 0.2) is 30.3 Å². The summed E-state index contributed by atoms with van der Waals surface area (Å²) in [6, 6.07) is 6.94. The van der Waals surface area contributed by atoms with E-state index in [0.717, 1.165) is 23.3 Å². The second-order valence-electron chi connectivity index (χ2n) is 4.86. The lowest BCUT2D eigenvalue weighted by atomic mass is 10.1. The predicted octanol–water partition coefficient (Wildman–Crippen LogP) is 3.22. The molecule has 22 heavy (non-hydrogen) atoms. The largest absolute Gasteiger partial charge is 0.279 e. The van der Waals surface area contributed by atoms with Crippen LogP contribution in [-0.2, 0) is 6.42 Å². The zero-order chi connectivity index (χ0) is 16.1. The highest BCUT2D eigenvalue weighted by molar-refractivity contribution is 7.14. The number of benzene rings is 1. The van der Waals surface area contributed by atoms with E-state index in [1.54, 1.807) is 0 Å². The quantitative estimate of drug-likeness (QED) is 0.850. The molecular formula is C16H17FN2O2S. The monoisotopic (exact) mass is 320 g/mol. The average molecular weight is 320 g/mol. The number of hydrazine groups is 1. The van der Waals surface area contributed by atoms with Gasteiger partial charge in [0, 0.05) is 10.4 Å². The molecule has 0 saturated heterocycles. The molecule has 2 amide bonds. The first-order valence-electron chi connectivity index (χ1n) is 6.96. The summed E-state index contributed by atoms with van der Waals surface area (Å²) in [6.45, 7) is 4.06. The van der Waals surface area contributed by atoms with Crippen molar-refractivity contribution >= 4 is 23.2 Å². The highest BCUT2D eigenvalue weighted by Crippen LogP contribution is 2.22. The van der Waals surface area contributed by atoms with E-state index in [-0.39, 0.29) is 11.5 Å². The van der Waals surface area contributed by atoms with E-state index in [1.165, 1.54) is 35.6 Å². The normalized spacial score (nSPS) is 10.3. The van der Waals surface area contributed by atoms with Gasteiger partial charge in [0.05, 0.1) is 4.88 Å². The van der Waals surface area contributed by atoms with E-state index in [2.05, 4.69) is 17.8 Å². The summed E-state index contributed by atoms with van der Waals surface area (Å²) >= 11 is 1.40. The fourth-order valence-electron chi connectivity index (χ4n) is 2.00. The maximum absolute atomic E-state index is 12.8. The number of aryl methyl sites for hydroxylation is 2. The van der Waals surface area contributed by atoms with E-state index in [9.17, 15) is 14.0 Å². The molecule has 0 aliphatic carbocycles. The van der Waals surface area contributed by atoms with E-state index >= 15 is 0 Å². The Hall–Kier alpha value is -2.21. The highest BCUT2D eigenvalue weighted by Gasteiger charge is 2.13. The maximum atomic E-state index is 12.8. The minimum absolute atomic E-state index is 0.274. The Labute approximate surface area is 132 Å². The van der Waals surface area contributed by atoms with Crippen molar-refractivity contribution in [2.45, 2.75) is 26.7 Å². The number of halogens is 1. The van der Waals surface area contributed by atoms with Gasteiger partial charge in [-0.15, -0.1) is 11.3 Å². The zero-order valence-electron chi connectivity index (χ0n) is 12.4. The first kappa shape index (κ1) is 16.2. The molecular weight excluding hydrogens is 303 g/mol. The van der Waals surface area contributed by atoms with Gasteiger partial charge in [0.15, 0.2) is 0 Å². The Balaban J connectivity index is 1.96. The summed E-state index contributed by atoms with van der Waals surface area (Å²) in [5.74, 6) is -1.26.